The number of carbonyl (C=O) groups is 1. The molecule has 0 aliphatic carbocycles. The van der Waals surface area contributed by atoms with E-state index in [2.05, 4.69) is 16.0 Å². The molecule has 0 spiro atoms. The number of rotatable bonds is 4. The van der Waals surface area contributed by atoms with E-state index in [-0.39, 0.29) is 28.3 Å². The molecular weight excluding hydrogens is 467 g/mol. The molecule has 6 nitrogen and oxygen atoms in total. The fraction of sp³-hybridized carbons (Fsp3) is 0.111. The molecule has 0 bridgehead atoms. The van der Waals surface area contributed by atoms with Gasteiger partial charge in [-0.2, -0.15) is 18.4 Å². The van der Waals surface area contributed by atoms with Crippen molar-refractivity contribution in [3.05, 3.63) is 95.1 Å². The average molecular weight is 485 g/mol. The smallest absolute Gasteiger partial charge is 0.384 e. The first-order chi connectivity index (χ1) is 17.2. The van der Waals surface area contributed by atoms with Crippen LogP contribution in [0, 0.1) is 11.3 Å². The molecule has 1 atom stereocenters. The number of nitrogens with two attached hydrogens (primary N) is 1. The number of para-hydroxylation sites is 2. The van der Waals surface area contributed by atoms with Crippen molar-refractivity contribution in [1.29, 1.82) is 5.26 Å². The van der Waals surface area contributed by atoms with E-state index in [1.807, 2.05) is 12.1 Å². The van der Waals surface area contributed by atoms with E-state index in [9.17, 15) is 23.2 Å². The highest BCUT2D eigenvalue weighted by Gasteiger charge is 2.31. The zero-order valence-electron chi connectivity index (χ0n) is 18.9. The van der Waals surface area contributed by atoms with Gasteiger partial charge in [-0.3, -0.25) is 9.36 Å². The minimum atomic E-state index is -4.50. The van der Waals surface area contributed by atoms with Crippen LogP contribution in [0.1, 0.15) is 39.9 Å². The highest BCUT2D eigenvalue weighted by atomic mass is 19.4. The number of nitriles is 1. The number of aromatic nitrogens is 3. The Morgan fingerprint density at radius 3 is 2.39 bits per heavy atom. The zero-order chi connectivity index (χ0) is 25.6. The van der Waals surface area contributed by atoms with Gasteiger partial charge in [0.25, 0.3) is 0 Å². The summed E-state index contributed by atoms with van der Waals surface area (Å²) in [5, 5.41) is 9.72. The van der Waals surface area contributed by atoms with Gasteiger partial charge >= 0.3 is 6.18 Å². The number of alkyl halides is 3. The van der Waals surface area contributed by atoms with Gasteiger partial charge in [0.05, 0.1) is 16.6 Å². The minimum absolute atomic E-state index is 0.123. The molecule has 9 heteroatoms. The Morgan fingerprint density at radius 2 is 1.69 bits per heavy atom. The minimum Gasteiger partial charge on any atom is -0.384 e. The van der Waals surface area contributed by atoms with Crippen LogP contribution < -0.4 is 5.73 Å². The third-order valence-electron chi connectivity index (χ3n) is 6.11. The number of Topliss-reactive ketones (excluding diaryl/α,β-unsaturated/α-hetero) is 1. The highest BCUT2D eigenvalue weighted by molar-refractivity contribution is 6.01. The molecule has 3 aromatic carbocycles. The lowest BCUT2D eigenvalue weighted by Crippen LogP contribution is -2.12. The van der Waals surface area contributed by atoms with Crippen molar-refractivity contribution in [3.8, 4) is 11.8 Å². The second-order valence-electron chi connectivity index (χ2n) is 8.35. The summed E-state index contributed by atoms with van der Waals surface area (Å²) in [6.45, 7) is 1.56. The van der Waals surface area contributed by atoms with Gasteiger partial charge in [0, 0.05) is 17.2 Å². The molecule has 0 saturated carbocycles. The van der Waals surface area contributed by atoms with Gasteiger partial charge in [-0.05, 0) is 35.9 Å². The van der Waals surface area contributed by atoms with Crippen molar-refractivity contribution in [2.24, 2.45) is 0 Å². The number of hydrogen-bond donors (Lipinski definition) is 1. The van der Waals surface area contributed by atoms with E-state index in [1.165, 1.54) is 12.1 Å². The molecule has 0 saturated heterocycles. The number of halogens is 3. The van der Waals surface area contributed by atoms with Crippen LogP contribution in [0.5, 0.6) is 0 Å². The highest BCUT2D eigenvalue weighted by Crippen LogP contribution is 2.33. The van der Waals surface area contributed by atoms with Crippen molar-refractivity contribution in [2.45, 2.75) is 19.0 Å². The lowest BCUT2D eigenvalue weighted by atomic mass is 9.91. The normalized spacial score (nSPS) is 12.5. The van der Waals surface area contributed by atoms with E-state index in [1.54, 1.807) is 47.9 Å². The fourth-order valence-corrected chi connectivity index (χ4v) is 4.22. The summed E-state index contributed by atoms with van der Waals surface area (Å²) in [5.74, 6) is -1.05. The SMILES string of the molecule is CC(C(=O)c1cccc(-n2c(N)c(C#N)c3nc4ccccc4nc32)c1)c1cccc(C(F)(F)F)c1. The Balaban J connectivity index is 1.60. The van der Waals surface area contributed by atoms with Gasteiger partial charge in [-0.15, -0.1) is 0 Å². The van der Waals surface area contributed by atoms with Crippen molar-refractivity contribution < 1.29 is 18.0 Å². The van der Waals surface area contributed by atoms with Gasteiger partial charge in [-0.25, -0.2) is 9.97 Å². The lowest BCUT2D eigenvalue weighted by Gasteiger charge is -2.15. The summed E-state index contributed by atoms with van der Waals surface area (Å²) >= 11 is 0. The Kier molecular flexibility index (Phi) is 5.44. The molecule has 2 N–H and O–H groups in total. The molecule has 5 aromatic rings. The monoisotopic (exact) mass is 485 g/mol. The Morgan fingerprint density at radius 1 is 1.00 bits per heavy atom. The molecule has 0 radical (unpaired) electrons. The Labute approximate surface area is 203 Å². The van der Waals surface area contributed by atoms with Crippen LogP contribution >= 0.6 is 0 Å². The molecule has 178 valence electrons. The second kappa shape index (κ2) is 8.50. The lowest BCUT2D eigenvalue weighted by molar-refractivity contribution is -0.137. The standard InChI is InChI=1S/C27H18F3N5O/c1-15(16-6-4-8-18(12-16)27(28,29)30)24(36)17-7-5-9-19(13-17)35-25(32)20(14-31)23-26(35)34-22-11-3-2-10-21(22)33-23/h2-13,15H,32H2,1H3. The molecule has 0 fully saturated rings. The molecule has 2 heterocycles. The number of nitrogen functional groups attached to an aromatic ring is 1. The maximum absolute atomic E-state index is 13.3. The van der Waals surface area contributed by atoms with Crippen LogP contribution in [0.25, 0.3) is 27.9 Å². The van der Waals surface area contributed by atoms with Gasteiger partial charge in [0.1, 0.15) is 23.0 Å². The second-order valence-corrected chi connectivity index (χ2v) is 8.35. The predicted octanol–water partition coefficient (Wildman–Crippen LogP) is 6.03. The van der Waals surface area contributed by atoms with E-state index in [4.69, 9.17) is 5.73 Å². The summed E-state index contributed by atoms with van der Waals surface area (Å²) in [6.07, 6.45) is -4.50. The molecule has 2 aromatic heterocycles. The van der Waals surface area contributed by atoms with E-state index in [0.717, 1.165) is 12.1 Å². The maximum Gasteiger partial charge on any atom is 0.416 e. The average Bonchev–Trinajstić information content (AvgIpc) is 3.15. The summed E-state index contributed by atoms with van der Waals surface area (Å²) in [7, 11) is 0. The molecule has 0 aliphatic heterocycles. The van der Waals surface area contributed by atoms with Gasteiger partial charge < -0.3 is 5.73 Å². The Bertz CT molecular complexity index is 1700. The van der Waals surface area contributed by atoms with Crippen LogP contribution in [0.3, 0.4) is 0 Å². The van der Waals surface area contributed by atoms with Crippen LogP contribution in [0.2, 0.25) is 0 Å². The topological polar surface area (TPSA) is 97.6 Å². The first kappa shape index (κ1) is 23.1. The number of ketones is 1. The zero-order valence-corrected chi connectivity index (χ0v) is 18.9. The van der Waals surface area contributed by atoms with Crippen molar-refractivity contribution in [3.63, 3.8) is 0 Å². The van der Waals surface area contributed by atoms with Crippen LogP contribution in [-0.4, -0.2) is 20.3 Å². The molecule has 1 unspecified atom stereocenters. The summed E-state index contributed by atoms with van der Waals surface area (Å²) < 4.78 is 41.0. The summed E-state index contributed by atoms with van der Waals surface area (Å²) in [4.78, 5) is 22.5. The van der Waals surface area contributed by atoms with Gasteiger partial charge in [-0.1, -0.05) is 49.4 Å². The molecule has 5 rings (SSSR count). The van der Waals surface area contributed by atoms with Gasteiger partial charge in [0.15, 0.2) is 11.4 Å². The molecule has 0 aliphatic rings. The first-order valence-electron chi connectivity index (χ1n) is 11.0. The van der Waals surface area contributed by atoms with Crippen LogP contribution in [0.4, 0.5) is 19.0 Å². The first-order valence-corrected chi connectivity index (χ1v) is 11.0. The number of carbonyl (C=O) groups excluding carboxylic acids is 1. The predicted molar refractivity (Wildman–Crippen MR) is 130 cm³/mol. The van der Waals surface area contributed by atoms with Crippen molar-refractivity contribution in [2.75, 3.05) is 5.73 Å². The maximum atomic E-state index is 13.3. The van der Waals surface area contributed by atoms with Crippen LogP contribution in [-0.2, 0) is 6.18 Å². The van der Waals surface area contributed by atoms with Gasteiger partial charge in [0.2, 0.25) is 0 Å². The van der Waals surface area contributed by atoms with E-state index >= 15 is 0 Å². The number of anilines is 1. The number of hydrogen-bond acceptors (Lipinski definition) is 5. The van der Waals surface area contributed by atoms with E-state index < -0.39 is 17.7 Å². The van der Waals surface area contributed by atoms with Crippen molar-refractivity contribution >= 4 is 33.8 Å². The van der Waals surface area contributed by atoms with Crippen LogP contribution in [0.15, 0.2) is 72.8 Å². The quantitative estimate of drug-likeness (QED) is 0.313. The number of fused-ring (bicyclic) bond motifs is 2. The summed E-state index contributed by atoms with van der Waals surface area (Å²) in [6, 6.07) is 20.6. The fourth-order valence-electron chi connectivity index (χ4n) is 4.22. The largest absolute Gasteiger partial charge is 0.416 e. The molecule has 0 amide bonds. The van der Waals surface area contributed by atoms with Crippen molar-refractivity contribution in [1.82, 2.24) is 14.5 Å². The third kappa shape index (κ3) is 3.82. The third-order valence-corrected chi connectivity index (χ3v) is 6.11. The Hall–Kier alpha value is -4.71. The molecule has 36 heavy (non-hydrogen) atoms. The number of benzene rings is 3. The van der Waals surface area contributed by atoms with E-state index in [0.29, 0.717) is 27.9 Å². The number of nitrogens with zero attached hydrogens (tertiary/aromatic N) is 4. The summed E-state index contributed by atoms with van der Waals surface area (Å²) in [5.41, 5.74) is 8.61. The molecular formula is C27H18F3N5O.